The molecule has 4 nitrogen and oxygen atoms in total. The van der Waals surface area contributed by atoms with E-state index in [4.69, 9.17) is 4.74 Å². The first-order valence-corrected chi connectivity index (χ1v) is 7.72. The number of carbonyl (C=O) groups is 1. The van der Waals surface area contributed by atoms with Crippen LogP contribution in [0.25, 0.3) is 10.8 Å². The molecule has 0 saturated heterocycles. The van der Waals surface area contributed by atoms with E-state index in [1.54, 1.807) is 0 Å². The Balaban J connectivity index is 1.57. The number of fused-ring (bicyclic) bond motifs is 1. The summed E-state index contributed by atoms with van der Waals surface area (Å²) in [6.07, 6.45) is 0. The maximum Gasteiger partial charge on any atom is 0.277 e. The molecular weight excluding hydrogens is 300 g/mol. The normalized spacial score (nSPS) is 11.3. The van der Waals surface area contributed by atoms with Gasteiger partial charge in [-0.05, 0) is 35.4 Å². The van der Waals surface area contributed by atoms with Gasteiger partial charge in [0.15, 0.2) is 6.61 Å². The Morgan fingerprint density at radius 2 is 1.67 bits per heavy atom. The summed E-state index contributed by atoms with van der Waals surface area (Å²) < 4.78 is 5.53. The topological polar surface area (TPSA) is 50.7 Å². The maximum absolute atomic E-state index is 11.9. The first-order chi connectivity index (χ1) is 11.7. The highest BCUT2D eigenvalue weighted by atomic mass is 16.5. The van der Waals surface area contributed by atoms with Gasteiger partial charge in [-0.15, -0.1) is 0 Å². The first-order valence-electron chi connectivity index (χ1n) is 7.72. The number of nitrogens with zero attached hydrogens (tertiary/aromatic N) is 1. The van der Waals surface area contributed by atoms with Gasteiger partial charge in [0.25, 0.3) is 5.91 Å². The quantitative estimate of drug-likeness (QED) is 0.575. The Morgan fingerprint density at radius 1 is 0.958 bits per heavy atom. The molecule has 0 atom stereocenters. The molecule has 0 heterocycles. The third-order valence-corrected chi connectivity index (χ3v) is 3.63. The largest absolute Gasteiger partial charge is 0.484 e. The minimum absolute atomic E-state index is 0.0795. The predicted molar refractivity (Wildman–Crippen MR) is 96.2 cm³/mol. The summed E-state index contributed by atoms with van der Waals surface area (Å²) in [4.78, 5) is 11.9. The number of amides is 1. The monoisotopic (exact) mass is 318 g/mol. The standard InChI is InChI=1S/C20H18N2O2/c1-15(16-7-3-2-4-8-16)21-22-20(23)14-24-19-12-11-17-9-5-6-10-18(17)13-19/h2-13H,14H2,1H3,(H,22,23). The van der Waals surface area contributed by atoms with Crippen LogP contribution >= 0.6 is 0 Å². The van der Waals surface area contributed by atoms with Crippen molar-refractivity contribution in [1.29, 1.82) is 0 Å². The molecule has 24 heavy (non-hydrogen) atoms. The summed E-state index contributed by atoms with van der Waals surface area (Å²) in [5.74, 6) is 0.367. The number of benzene rings is 3. The molecule has 0 fully saturated rings. The van der Waals surface area contributed by atoms with Gasteiger partial charge in [-0.25, -0.2) is 5.43 Å². The minimum Gasteiger partial charge on any atom is -0.484 e. The molecule has 3 aromatic rings. The number of rotatable bonds is 5. The highest BCUT2D eigenvalue weighted by Crippen LogP contribution is 2.20. The van der Waals surface area contributed by atoms with Crippen molar-refractivity contribution in [2.24, 2.45) is 5.10 Å². The maximum atomic E-state index is 11.9. The van der Waals surface area contributed by atoms with Crippen molar-refractivity contribution < 1.29 is 9.53 Å². The fourth-order valence-electron chi connectivity index (χ4n) is 2.33. The van der Waals surface area contributed by atoms with Crippen LogP contribution in [0, 0.1) is 0 Å². The molecule has 0 aliphatic rings. The molecule has 0 saturated carbocycles. The predicted octanol–water partition coefficient (Wildman–Crippen LogP) is 3.76. The third kappa shape index (κ3) is 3.98. The molecule has 0 aliphatic carbocycles. The van der Waals surface area contributed by atoms with Gasteiger partial charge >= 0.3 is 0 Å². The van der Waals surface area contributed by atoms with Crippen molar-refractivity contribution >= 4 is 22.4 Å². The van der Waals surface area contributed by atoms with Crippen LogP contribution in [0.4, 0.5) is 0 Å². The van der Waals surface area contributed by atoms with E-state index < -0.39 is 0 Å². The second-order valence-electron chi connectivity index (χ2n) is 5.40. The van der Waals surface area contributed by atoms with Crippen LogP contribution in [0.15, 0.2) is 77.9 Å². The van der Waals surface area contributed by atoms with Gasteiger partial charge in [0, 0.05) is 0 Å². The Labute approximate surface area is 140 Å². The number of carbonyl (C=O) groups excluding carboxylic acids is 1. The lowest BCUT2D eigenvalue weighted by molar-refractivity contribution is -0.123. The first kappa shape index (κ1) is 15.7. The molecule has 4 heteroatoms. The Morgan fingerprint density at radius 3 is 2.46 bits per heavy atom. The molecule has 0 aromatic heterocycles. The van der Waals surface area contributed by atoms with Crippen LogP contribution in [-0.2, 0) is 4.79 Å². The molecule has 3 aromatic carbocycles. The zero-order valence-corrected chi connectivity index (χ0v) is 13.4. The molecule has 1 N–H and O–H groups in total. The number of nitrogens with one attached hydrogen (secondary N) is 1. The molecular formula is C20H18N2O2. The zero-order chi connectivity index (χ0) is 16.8. The summed E-state index contributed by atoms with van der Waals surface area (Å²) >= 11 is 0. The van der Waals surface area contributed by atoms with E-state index in [9.17, 15) is 4.79 Å². The van der Waals surface area contributed by atoms with Crippen molar-refractivity contribution in [1.82, 2.24) is 5.43 Å². The number of hydrazone groups is 1. The number of hydrogen-bond donors (Lipinski definition) is 1. The molecule has 0 spiro atoms. The SMILES string of the molecule is CC(=NNC(=O)COc1ccc2ccccc2c1)c1ccccc1. The third-order valence-electron chi connectivity index (χ3n) is 3.63. The molecule has 0 radical (unpaired) electrons. The van der Waals surface area contributed by atoms with Gasteiger partial charge in [0.1, 0.15) is 5.75 Å². The van der Waals surface area contributed by atoms with Gasteiger partial charge in [0.2, 0.25) is 0 Å². The summed E-state index contributed by atoms with van der Waals surface area (Å²) in [7, 11) is 0. The van der Waals surface area contributed by atoms with Gasteiger partial charge in [-0.3, -0.25) is 4.79 Å². The Kier molecular flexibility index (Phi) is 4.87. The van der Waals surface area contributed by atoms with Crippen LogP contribution in [0.3, 0.4) is 0 Å². The number of ether oxygens (including phenoxy) is 1. The van der Waals surface area contributed by atoms with Crippen molar-refractivity contribution in [3.63, 3.8) is 0 Å². The van der Waals surface area contributed by atoms with E-state index in [0.717, 1.165) is 22.0 Å². The molecule has 0 bridgehead atoms. The van der Waals surface area contributed by atoms with Crippen molar-refractivity contribution in [3.8, 4) is 5.75 Å². The highest BCUT2D eigenvalue weighted by molar-refractivity contribution is 5.99. The van der Waals surface area contributed by atoms with Gasteiger partial charge in [-0.1, -0.05) is 60.7 Å². The fourth-order valence-corrected chi connectivity index (χ4v) is 2.33. The van der Waals surface area contributed by atoms with Gasteiger partial charge < -0.3 is 4.74 Å². The van der Waals surface area contributed by atoms with E-state index >= 15 is 0 Å². The zero-order valence-electron chi connectivity index (χ0n) is 13.4. The van der Waals surface area contributed by atoms with Crippen molar-refractivity contribution in [3.05, 3.63) is 78.4 Å². The van der Waals surface area contributed by atoms with Crippen LogP contribution in [-0.4, -0.2) is 18.2 Å². The van der Waals surface area contributed by atoms with E-state index in [-0.39, 0.29) is 12.5 Å². The Hall–Kier alpha value is -3.14. The average molecular weight is 318 g/mol. The van der Waals surface area contributed by atoms with E-state index in [1.807, 2.05) is 79.7 Å². The Bertz CT molecular complexity index is 873. The van der Waals surface area contributed by atoms with Crippen LogP contribution < -0.4 is 10.2 Å². The van der Waals surface area contributed by atoms with Crippen LogP contribution in [0.1, 0.15) is 12.5 Å². The number of hydrogen-bond acceptors (Lipinski definition) is 3. The average Bonchev–Trinajstić information content (AvgIpc) is 2.65. The lowest BCUT2D eigenvalue weighted by Gasteiger charge is -2.07. The molecule has 0 unspecified atom stereocenters. The van der Waals surface area contributed by atoms with Crippen LogP contribution in [0.5, 0.6) is 5.75 Å². The molecule has 3 rings (SSSR count). The molecule has 120 valence electrons. The highest BCUT2D eigenvalue weighted by Gasteiger charge is 2.03. The minimum atomic E-state index is -0.293. The summed E-state index contributed by atoms with van der Waals surface area (Å²) in [6.45, 7) is 1.77. The van der Waals surface area contributed by atoms with E-state index in [1.165, 1.54) is 0 Å². The van der Waals surface area contributed by atoms with Crippen LogP contribution in [0.2, 0.25) is 0 Å². The second-order valence-corrected chi connectivity index (χ2v) is 5.40. The smallest absolute Gasteiger partial charge is 0.277 e. The summed E-state index contributed by atoms with van der Waals surface area (Å²) in [5, 5.41) is 6.31. The lowest BCUT2D eigenvalue weighted by atomic mass is 10.1. The summed E-state index contributed by atoms with van der Waals surface area (Å²) in [5.41, 5.74) is 4.22. The lowest BCUT2D eigenvalue weighted by Crippen LogP contribution is -2.25. The van der Waals surface area contributed by atoms with Crippen molar-refractivity contribution in [2.75, 3.05) is 6.61 Å². The van der Waals surface area contributed by atoms with E-state index in [0.29, 0.717) is 5.75 Å². The van der Waals surface area contributed by atoms with E-state index in [2.05, 4.69) is 10.5 Å². The molecule has 0 aliphatic heterocycles. The van der Waals surface area contributed by atoms with Gasteiger partial charge in [-0.2, -0.15) is 5.10 Å². The van der Waals surface area contributed by atoms with Gasteiger partial charge in [0.05, 0.1) is 5.71 Å². The van der Waals surface area contributed by atoms with Crippen molar-refractivity contribution in [2.45, 2.75) is 6.92 Å². The second kappa shape index (κ2) is 7.42. The summed E-state index contributed by atoms with van der Waals surface area (Å²) in [6, 6.07) is 23.4. The fraction of sp³-hybridized carbons (Fsp3) is 0.100. The molecule has 1 amide bonds.